The Bertz CT molecular complexity index is 1460. The molecule has 192 valence electrons. The minimum atomic E-state index is -4.57. The van der Waals surface area contributed by atoms with E-state index in [0.29, 0.717) is 23.0 Å². The van der Waals surface area contributed by atoms with Gasteiger partial charge in [0.1, 0.15) is 12.4 Å². The van der Waals surface area contributed by atoms with E-state index in [1.807, 2.05) is 29.8 Å². The number of imidazole rings is 1. The molecule has 12 heteroatoms. The fourth-order valence-corrected chi connectivity index (χ4v) is 4.39. The summed E-state index contributed by atoms with van der Waals surface area (Å²) < 4.78 is 54.4. The van der Waals surface area contributed by atoms with E-state index in [9.17, 15) is 13.2 Å². The molecule has 8 nitrogen and oxygen atoms in total. The fourth-order valence-electron chi connectivity index (χ4n) is 4.22. The van der Waals surface area contributed by atoms with Gasteiger partial charge in [-0.2, -0.15) is 18.2 Å². The number of rotatable bonds is 5. The van der Waals surface area contributed by atoms with Crippen molar-refractivity contribution in [1.29, 1.82) is 0 Å². The average molecular weight is 531 g/mol. The summed E-state index contributed by atoms with van der Waals surface area (Å²) >= 11 is 5.86. The summed E-state index contributed by atoms with van der Waals surface area (Å²) in [5, 5.41) is 3.13. The standard InChI is InChI=1S/C25H22ClF3N6O2/c1-14-11-35(13-31-14)19-7-5-16(9-21(19)36-3)32-24-30-10-22-23(33-24)34(2)20(12-37-22)17-6-4-15(26)8-18(17)25(27,28)29/h4-11,13,20H,12H2,1-3H3,(H,30,32,33). The molecular formula is C25H22ClF3N6O2. The second kappa shape index (κ2) is 9.47. The monoisotopic (exact) mass is 530 g/mol. The van der Waals surface area contributed by atoms with Crippen LogP contribution in [0, 0.1) is 6.92 Å². The van der Waals surface area contributed by atoms with Gasteiger partial charge in [-0.1, -0.05) is 17.7 Å². The number of aryl methyl sites for hydroxylation is 1. The highest BCUT2D eigenvalue weighted by Gasteiger charge is 2.38. The van der Waals surface area contributed by atoms with Crippen LogP contribution in [0.4, 0.5) is 30.6 Å². The van der Waals surface area contributed by atoms with Crippen molar-refractivity contribution in [2.75, 3.05) is 31.0 Å². The predicted molar refractivity (Wildman–Crippen MR) is 133 cm³/mol. The molecule has 37 heavy (non-hydrogen) atoms. The molecule has 0 spiro atoms. The highest BCUT2D eigenvalue weighted by molar-refractivity contribution is 6.30. The van der Waals surface area contributed by atoms with Gasteiger partial charge in [-0.3, -0.25) is 0 Å². The van der Waals surface area contributed by atoms with Crippen molar-refractivity contribution < 1.29 is 22.6 Å². The van der Waals surface area contributed by atoms with Crippen LogP contribution in [0.5, 0.6) is 11.5 Å². The van der Waals surface area contributed by atoms with Crippen LogP contribution in [0.15, 0.2) is 55.1 Å². The average Bonchev–Trinajstić information content (AvgIpc) is 3.30. The number of hydrogen-bond donors (Lipinski definition) is 1. The van der Waals surface area contributed by atoms with E-state index in [1.165, 1.54) is 18.3 Å². The number of ether oxygens (including phenoxy) is 2. The van der Waals surface area contributed by atoms with E-state index in [0.717, 1.165) is 17.4 Å². The largest absolute Gasteiger partial charge is 0.494 e. The highest BCUT2D eigenvalue weighted by Crippen LogP contribution is 2.42. The molecule has 0 saturated heterocycles. The molecule has 2 aromatic heterocycles. The Balaban J connectivity index is 1.43. The molecule has 1 N–H and O–H groups in total. The van der Waals surface area contributed by atoms with Gasteiger partial charge in [0.25, 0.3) is 0 Å². The maximum atomic E-state index is 13.7. The fraction of sp³-hybridized carbons (Fsp3) is 0.240. The number of nitrogens with one attached hydrogen (secondary N) is 1. The van der Waals surface area contributed by atoms with Crippen molar-refractivity contribution in [2.24, 2.45) is 0 Å². The van der Waals surface area contributed by atoms with Crippen LogP contribution in [0.25, 0.3) is 5.69 Å². The Morgan fingerprint density at radius 3 is 2.68 bits per heavy atom. The first-order chi connectivity index (χ1) is 17.6. The van der Waals surface area contributed by atoms with E-state index in [-0.39, 0.29) is 23.1 Å². The van der Waals surface area contributed by atoms with Gasteiger partial charge in [-0.25, -0.2) is 9.97 Å². The molecule has 2 aromatic carbocycles. The van der Waals surface area contributed by atoms with Crippen molar-refractivity contribution in [1.82, 2.24) is 19.5 Å². The van der Waals surface area contributed by atoms with Crippen molar-refractivity contribution in [2.45, 2.75) is 19.1 Å². The summed E-state index contributed by atoms with van der Waals surface area (Å²) in [5.74, 6) is 1.57. The van der Waals surface area contributed by atoms with Crippen LogP contribution in [-0.2, 0) is 6.18 Å². The summed E-state index contributed by atoms with van der Waals surface area (Å²) in [6.07, 6.45) is 0.503. The Morgan fingerprint density at radius 1 is 1.16 bits per heavy atom. The molecule has 5 rings (SSSR count). The number of hydrogen-bond acceptors (Lipinski definition) is 7. The van der Waals surface area contributed by atoms with E-state index < -0.39 is 17.8 Å². The number of alkyl halides is 3. The summed E-state index contributed by atoms with van der Waals surface area (Å²) in [5.41, 5.74) is 1.58. The Labute approximate surface area is 215 Å². The van der Waals surface area contributed by atoms with E-state index >= 15 is 0 Å². The first kappa shape index (κ1) is 24.7. The van der Waals surface area contributed by atoms with Crippen molar-refractivity contribution in [3.05, 3.63) is 77.0 Å². The number of halogens is 4. The van der Waals surface area contributed by atoms with Crippen molar-refractivity contribution in [3.63, 3.8) is 0 Å². The summed E-state index contributed by atoms with van der Waals surface area (Å²) in [4.78, 5) is 14.7. The molecular weight excluding hydrogens is 509 g/mol. The molecule has 1 atom stereocenters. The molecule has 0 bridgehead atoms. The molecule has 0 saturated carbocycles. The summed E-state index contributed by atoms with van der Waals surface area (Å²) in [7, 11) is 3.24. The zero-order valence-corrected chi connectivity index (χ0v) is 20.8. The van der Waals surface area contributed by atoms with Crippen molar-refractivity contribution >= 4 is 29.1 Å². The SMILES string of the molecule is COc1cc(Nc2ncc3c(n2)N(C)C(c2ccc(Cl)cc2C(F)(F)F)CO3)ccc1-n1cnc(C)c1. The summed E-state index contributed by atoms with van der Waals surface area (Å²) in [6.45, 7) is 1.89. The predicted octanol–water partition coefficient (Wildman–Crippen LogP) is 5.97. The Kier molecular flexibility index (Phi) is 6.32. The zero-order chi connectivity index (χ0) is 26.3. The van der Waals surface area contributed by atoms with Crippen LogP contribution in [0.3, 0.4) is 0 Å². The lowest BCUT2D eigenvalue weighted by molar-refractivity contribution is -0.138. The van der Waals surface area contributed by atoms with Gasteiger partial charge in [0.15, 0.2) is 11.6 Å². The second-order valence-corrected chi connectivity index (χ2v) is 8.92. The third-order valence-corrected chi connectivity index (χ3v) is 6.28. The number of fused-ring (bicyclic) bond motifs is 1. The van der Waals surface area contributed by atoms with Crippen LogP contribution >= 0.6 is 11.6 Å². The Morgan fingerprint density at radius 2 is 1.97 bits per heavy atom. The van der Waals surface area contributed by atoms with Gasteiger partial charge in [-0.15, -0.1) is 0 Å². The Hall–Kier alpha value is -3.99. The van der Waals surface area contributed by atoms with Crippen LogP contribution in [0.2, 0.25) is 5.02 Å². The topological polar surface area (TPSA) is 77.3 Å². The maximum absolute atomic E-state index is 13.7. The molecule has 3 heterocycles. The maximum Gasteiger partial charge on any atom is 0.416 e. The minimum Gasteiger partial charge on any atom is -0.494 e. The lowest BCUT2D eigenvalue weighted by Gasteiger charge is -2.36. The van der Waals surface area contributed by atoms with Crippen LogP contribution in [-0.4, -0.2) is 40.3 Å². The van der Waals surface area contributed by atoms with Gasteiger partial charge in [0, 0.05) is 30.0 Å². The van der Waals surface area contributed by atoms with Crippen molar-refractivity contribution in [3.8, 4) is 17.2 Å². The number of benzene rings is 2. The molecule has 0 aliphatic carbocycles. The van der Waals surface area contributed by atoms with E-state index in [4.69, 9.17) is 21.1 Å². The lowest BCUT2D eigenvalue weighted by atomic mass is 9.98. The smallest absolute Gasteiger partial charge is 0.416 e. The number of nitrogens with zero attached hydrogens (tertiary/aromatic N) is 5. The lowest BCUT2D eigenvalue weighted by Crippen LogP contribution is -2.35. The molecule has 0 fully saturated rings. The van der Waals surface area contributed by atoms with Gasteiger partial charge in [-0.05, 0) is 36.8 Å². The van der Waals surface area contributed by atoms with Gasteiger partial charge in [0.05, 0.1) is 42.6 Å². The van der Waals surface area contributed by atoms with Crippen LogP contribution < -0.4 is 19.7 Å². The highest BCUT2D eigenvalue weighted by atomic mass is 35.5. The van der Waals surface area contributed by atoms with Crippen LogP contribution in [0.1, 0.15) is 22.9 Å². The minimum absolute atomic E-state index is 0.00324. The number of aromatic nitrogens is 4. The quantitative estimate of drug-likeness (QED) is 0.341. The zero-order valence-electron chi connectivity index (χ0n) is 20.0. The molecule has 1 unspecified atom stereocenters. The van der Waals surface area contributed by atoms with E-state index in [1.54, 1.807) is 31.5 Å². The number of methoxy groups -OCH3 is 1. The molecule has 0 amide bonds. The van der Waals surface area contributed by atoms with Gasteiger partial charge < -0.3 is 24.3 Å². The number of likely N-dealkylation sites (N-methyl/N-ethyl adjacent to an activating group) is 1. The normalized spacial score (nSPS) is 15.2. The van der Waals surface area contributed by atoms with E-state index in [2.05, 4.69) is 20.3 Å². The number of anilines is 3. The first-order valence-electron chi connectivity index (χ1n) is 11.2. The third kappa shape index (κ3) is 4.86. The third-order valence-electron chi connectivity index (χ3n) is 6.04. The second-order valence-electron chi connectivity index (χ2n) is 8.48. The van der Waals surface area contributed by atoms with Gasteiger partial charge >= 0.3 is 6.18 Å². The first-order valence-corrected chi connectivity index (χ1v) is 11.6. The molecule has 1 aliphatic heterocycles. The molecule has 0 radical (unpaired) electrons. The van der Waals surface area contributed by atoms with Gasteiger partial charge in [0.2, 0.25) is 5.95 Å². The molecule has 4 aromatic rings. The molecule has 1 aliphatic rings. The summed E-state index contributed by atoms with van der Waals surface area (Å²) in [6, 6.07) is 8.49.